The molecule has 3 amide bonds. The summed E-state index contributed by atoms with van der Waals surface area (Å²) in [6.07, 6.45) is 9.23. The Balaban J connectivity index is 0.00000405. The van der Waals surface area contributed by atoms with Crippen molar-refractivity contribution in [2.24, 2.45) is 11.7 Å². The lowest BCUT2D eigenvalue weighted by molar-refractivity contribution is -0.143. The minimum absolute atomic E-state index is 0. The van der Waals surface area contributed by atoms with E-state index in [1.54, 1.807) is 4.90 Å². The molecule has 11 heteroatoms. The van der Waals surface area contributed by atoms with E-state index in [2.05, 4.69) is 10.4 Å². The van der Waals surface area contributed by atoms with Gasteiger partial charge in [-0.25, -0.2) is 9.67 Å². The summed E-state index contributed by atoms with van der Waals surface area (Å²) in [5, 5.41) is 7.93. The third-order valence-electron chi connectivity index (χ3n) is 9.00. The second-order valence-corrected chi connectivity index (χ2v) is 11.9. The van der Waals surface area contributed by atoms with Gasteiger partial charge in [0.2, 0.25) is 17.7 Å². The molecule has 1 aromatic carbocycles. The number of halogens is 1. The van der Waals surface area contributed by atoms with Crippen molar-refractivity contribution in [2.45, 2.75) is 102 Å². The lowest BCUT2D eigenvalue weighted by Gasteiger charge is -2.36. The van der Waals surface area contributed by atoms with Crippen LogP contribution in [0.5, 0.6) is 0 Å². The third kappa shape index (κ3) is 7.69. The zero-order valence-electron chi connectivity index (χ0n) is 24.7. The highest BCUT2D eigenvalue weighted by molar-refractivity contribution is 5.88. The average Bonchev–Trinajstić information content (AvgIpc) is 3.38. The standard InChI is InChI=1S/C31H45N7O3.ClH/c1-22-33-29-25(21-23-11-4-2-5-12-23)34-30(40)26-15-8-9-18-37(26)27(39)16-10-17-36(19-20-38(29)35-22)31(41)28(32)24-13-6-3-7-14-24;/h2,4-5,11-12,24-26,28H,3,6-10,13-21,32H2,1H3,(H,34,40);1H/t25-,26+,28+;/m1./s1. The lowest BCUT2D eigenvalue weighted by atomic mass is 9.83. The van der Waals surface area contributed by atoms with Gasteiger partial charge in [0.05, 0.1) is 18.6 Å². The number of nitrogens with zero attached hydrogens (tertiary/aromatic N) is 5. The van der Waals surface area contributed by atoms with Crippen molar-refractivity contribution < 1.29 is 14.4 Å². The first kappa shape index (κ1) is 31.9. The molecule has 2 aliphatic heterocycles. The summed E-state index contributed by atoms with van der Waals surface area (Å²) in [6, 6.07) is 8.54. The van der Waals surface area contributed by atoms with Gasteiger partial charge in [-0.1, -0.05) is 49.6 Å². The molecule has 10 nitrogen and oxygen atoms in total. The SMILES string of the molecule is Cc1nc2n(n1)CCN(C(=O)[C@@H](N)C1CCCCC1)CCCC(=O)N1CCCC[C@H]1C(=O)N[C@@H]2Cc1ccccc1.Cl. The van der Waals surface area contributed by atoms with Crippen LogP contribution in [-0.2, 0) is 27.3 Å². The number of carbonyl (C=O) groups excluding carboxylic acids is 3. The molecule has 0 radical (unpaired) electrons. The Labute approximate surface area is 255 Å². The van der Waals surface area contributed by atoms with Crippen LogP contribution in [0, 0.1) is 12.8 Å². The summed E-state index contributed by atoms with van der Waals surface area (Å²) in [5.74, 6) is 1.27. The van der Waals surface area contributed by atoms with Crippen molar-refractivity contribution in [1.29, 1.82) is 0 Å². The molecular weight excluding hydrogens is 554 g/mol. The quantitative estimate of drug-likeness (QED) is 0.555. The summed E-state index contributed by atoms with van der Waals surface area (Å²) in [5.41, 5.74) is 7.64. The van der Waals surface area contributed by atoms with Crippen molar-refractivity contribution in [2.75, 3.05) is 19.6 Å². The van der Waals surface area contributed by atoms with Crippen LogP contribution in [-0.4, -0.2) is 74.0 Å². The minimum atomic E-state index is -0.529. The first-order valence-electron chi connectivity index (χ1n) is 15.5. The van der Waals surface area contributed by atoms with Gasteiger partial charge >= 0.3 is 0 Å². The van der Waals surface area contributed by atoms with Crippen molar-refractivity contribution in [3.63, 3.8) is 0 Å². The molecule has 3 aliphatic rings. The number of amides is 3. The number of aromatic nitrogens is 3. The zero-order chi connectivity index (χ0) is 28.8. The maximum absolute atomic E-state index is 13.7. The van der Waals surface area contributed by atoms with Crippen molar-refractivity contribution in [1.82, 2.24) is 29.9 Å². The van der Waals surface area contributed by atoms with Crippen LogP contribution in [0.1, 0.15) is 87.5 Å². The van der Waals surface area contributed by atoms with E-state index in [0.29, 0.717) is 63.5 Å². The van der Waals surface area contributed by atoms with E-state index in [-0.39, 0.29) is 36.0 Å². The van der Waals surface area contributed by atoms with E-state index in [4.69, 9.17) is 10.7 Å². The van der Waals surface area contributed by atoms with Crippen LogP contribution in [0.2, 0.25) is 0 Å². The van der Waals surface area contributed by atoms with E-state index in [1.165, 1.54) is 6.42 Å². The lowest BCUT2D eigenvalue weighted by Crippen LogP contribution is -2.53. The van der Waals surface area contributed by atoms with Crippen LogP contribution in [0.4, 0.5) is 0 Å². The Hall–Kier alpha value is -2.98. The molecule has 1 saturated heterocycles. The monoisotopic (exact) mass is 599 g/mol. The Bertz CT molecular complexity index is 1200. The van der Waals surface area contributed by atoms with E-state index in [1.807, 2.05) is 46.8 Å². The van der Waals surface area contributed by atoms with Gasteiger partial charge < -0.3 is 20.9 Å². The first-order chi connectivity index (χ1) is 19.9. The molecule has 0 unspecified atom stereocenters. The molecule has 42 heavy (non-hydrogen) atoms. The smallest absolute Gasteiger partial charge is 0.243 e. The molecule has 2 aromatic rings. The molecule has 3 atom stereocenters. The zero-order valence-corrected chi connectivity index (χ0v) is 25.6. The van der Waals surface area contributed by atoms with Crippen LogP contribution in [0.15, 0.2) is 30.3 Å². The van der Waals surface area contributed by atoms with Crippen molar-refractivity contribution in [3.8, 4) is 0 Å². The summed E-state index contributed by atoms with van der Waals surface area (Å²) in [4.78, 5) is 49.2. The number of hydrogen-bond acceptors (Lipinski definition) is 6. The van der Waals surface area contributed by atoms with Crippen LogP contribution >= 0.6 is 12.4 Å². The van der Waals surface area contributed by atoms with Crippen LogP contribution in [0.3, 0.4) is 0 Å². The number of fused-ring (bicyclic) bond motifs is 2. The number of piperidine rings is 1. The maximum Gasteiger partial charge on any atom is 0.243 e. The predicted molar refractivity (Wildman–Crippen MR) is 163 cm³/mol. The third-order valence-corrected chi connectivity index (χ3v) is 9.00. The van der Waals surface area contributed by atoms with Gasteiger partial charge in [0.1, 0.15) is 17.7 Å². The second kappa shape index (κ2) is 15.0. The second-order valence-electron chi connectivity index (χ2n) is 11.9. The van der Waals surface area contributed by atoms with Gasteiger partial charge in [0.15, 0.2) is 0 Å². The van der Waals surface area contributed by atoms with Crippen LogP contribution < -0.4 is 11.1 Å². The highest BCUT2D eigenvalue weighted by atomic mass is 35.5. The van der Waals surface area contributed by atoms with E-state index in [9.17, 15) is 14.4 Å². The fourth-order valence-electron chi connectivity index (χ4n) is 6.74. The van der Waals surface area contributed by atoms with E-state index < -0.39 is 18.1 Å². The van der Waals surface area contributed by atoms with Gasteiger partial charge in [-0.3, -0.25) is 14.4 Å². The van der Waals surface area contributed by atoms with Gasteiger partial charge in [-0.15, -0.1) is 12.4 Å². The average molecular weight is 600 g/mol. The van der Waals surface area contributed by atoms with E-state index >= 15 is 0 Å². The molecule has 1 saturated carbocycles. The summed E-state index contributed by atoms with van der Waals surface area (Å²) in [7, 11) is 0. The number of benzene rings is 1. The Morgan fingerprint density at radius 1 is 0.976 bits per heavy atom. The molecule has 230 valence electrons. The number of nitrogens with two attached hydrogens (primary N) is 1. The molecule has 0 bridgehead atoms. The number of hydrogen-bond donors (Lipinski definition) is 2. The van der Waals surface area contributed by atoms with Crippen molar-refractivity contribution in [3.05, 3.63) is 47.5 Å². The molecule has 1 aromatic heterocycles. The Morgan fingerprint density at radius 3 is 2.48 bits per heavy atom. The van der Waals surface area contributed by atoms with Crippen LogP contribution in [0.25, 0.3) is 0 Å². The highest BCUT2D eigenvalue weighted by Gasteiger charge is 2.35. The molecule has 3 heterocycles. The molecule has 3 N–H and O–H groups in total. The van der Waals surface area contributed by atoms with Gasteiger partial charge in [0, 0.05) is 26.1 Å². The number of aryl methyl sites for hydroxylation is 1. The summed E-state index contributed by atoms with van der Waals surface area (Å²) in [6.45, 7) is 3.72. The fourth-order valence-corrected chi connectivity index (χ4v) is 6.74. The number of carbonyl (C=O) groups is 3. The van der Waals surface area contributed by atoms with Crippen molar-refractivity contribution >= 4 is 30.1 Å². The molecule has 5 rings (SSSR count). The summed E-state index contributed by atoms with van der Waals surface area (Å²) < 4.78 is 1.84. The van der Waals surface area contributed by atoms with Gasteiger partial charge in [0.25, 0.3) is 0 Å². The molecule has 0 spiro atoms. The Kier molecular flexibility index (Phi) is 11.4. The normalized spacial score (nSPS) is 23.6. The first-order valence-corrected chi connectivity index (χ1v) is 15.5. The van der Waals surface area contributed by atoms with E-state index in [0.717, 1.165) is 44.1 Å². The maximum atomic E-state index is 13.7. The molecule has 1 aliphatic carbocycles. The molecule has 2 fully saturated rings. The Morgan fingerprint density at radius 2 is 1.71 bits per heavy atom. The highest BCUT2D eigenvalue weighted by Crippen LogP contribution is 2.27. The number of nitrogens with one attached hydrogen (secondary N) is 1. The van der Waals surface area contributed by atoms with Gasteiger partial charge in [-0.2, -0.15) is 5.10 Å². The number of rotatable bonds is 4. The topological polar surface area (TPSA) is 126 Å². The van der Waals surface area contributed by atoms with Gasteiger partial charge in [-0.05, 0) is 63.4 Å². The predicted octanol–water partition coefficient (Wildman–Crippen LogP) is 3.32. The minimum Gasteiger partial charge on any atom is -0.344 e. The summed E-state index contributed by atoms with van der Waals surface area (Å²) >= 11 is 0. The fraction of sp³-hybridized carbons (Fsp3) is 0.645. The largest absolute Gasteiger partial charge is 0.344 e. The molecular formula is C31H46ClN7O3.